The number of nitrogens with one attached hydrogen (secondary N) is 1. The van der Waals surface area contributed by atoms with Crippen LogP contribution in [0.1, 0.15) is 42.4 Å². The zero-order valence-corrected chi connectivity index (χ0v) is 22.7. The van der Waals surface area contributed by atoms with Gasteiger partial charge < -0.3 is 29.0 Å². The van der Waals surface area contributed by atoms with Gasteiger partial charge in [-0.15, -0.1) is 0 Å². The van der Waals surface area contributed by atoms with Crippen LogP contribution in [0.3, 0.4) is 0 Å². The topological polar surface area (TPSA) is 101 Å². The molecule has 206 valence electrons. The Morgan fingerprint density at radius 1 is 1.08 bits per heavy atom. The number of carbonyl (C=O) groups is 3. The lowest BCUT2D eigenvalue weighted by molar-refractivity contribution is -0.136. The average molecular weight is 538 g/mol. The fourth-order valence-corrected chi connectivity index (χ4v) is 4.61. The van der Waals surface area contributed by atoms with Gasteiger partial charge in [0.2, 0.25) is 0 Å². The van der Waals surface area contributed by atoms with Gasteiger partial charge in [-0.1, -0.05) is 13.8 Å². The molecule has 1 amide bonds. The van der Waals surface area contributed by atoms with E-state index in [-0.39, 0.29) is 37.0 Å². The van der Waals surface area contributed by atoms with Crippen LogP contribution in [0.25, 0.3) is 16.5 Å². The van der Waals surface area contributed by atoms with Crippen molar-refractivity contribution >= 4 is 34.5 Å². The Kier molecular flexibility index (Phi) is 8.06. The molecule has 10 heteroatoms. The fraction of sp³-hybridized carbons (Fsp3) is 0.345. The van der Waals surface area contributed by atoms with E-state index in [9.17, 15) is 18.8 Å². The summed E-state index contributed by atoms with van der Waals surface area (Å²) in [7, 11) is 3.74. The summed E-state index contributed by atoms with van der Waals surface area (Å²) in [6.07, 6.45) is 0.665. The molecule has 0 saturated carbocycles. The molecule has 9 nitrogen and oxygen atoms in total. The highest BCUT2D eigenvalue weighted by Crippen LogP contribution is 2.41. The first-order valence-corrected chi connectivity index (χ1v) is 12.6. The van der Waals surface area contributed by atoms with Gasteiger partial charge in [0, 0.05) is 47.2 Å². The monoisotopic (exact) mass is 537 g/mol. The first-order valence-electron chi connectivity index (χ1n) is 12.6. The molecule has 2 aromatic carbocycles. The van der Waals surface area contributed by atoms with E-state index in [1.807, 2.05) is 32.8 Å². The first-order chi connectivity index (χ1) is 18.5. The van der Waals surface area contributed by atoms with Crippen molar-refractivity contribution in [1.29, 1.82) is 0 Å². The van der Waals surface area contributed by atoms with Crippen molar-refractivity contribution in [1.82, 2.24) is 14.8 Å². The molecule has 2 heterocycles. The number of halogens is 1. The summed E-state index contributed by atoms with van der Waals surface area (Å²) in [5.41, 5.74) is 1.80. The van der Waals surface area contributed by atoms with Gasteiger partial charge in [-0.05, 0) is 63.0 Å². The van der Waals surface area contributed by atoms with Crippen LogP contribution in [-0.2, 0) is 19.7 Å². The second-order valence-electron chi connectivity index (χ2n) is 10.2. The summed E-state index contributed by atoms with van der Waals surface area (Å²) in [6, 6.07) is 10.4. The molecular formula is C29H32FN3O6. The highest BCUT2D eigenvalue weighted by molar-refractivity contribution is 6.18. The maximum absolute atomic E-state index is 13.5. The SMILES string of the molecule is CCOC(=O)C1=CN(C(=O)c2ccc(F)cc2)CC(C)(C)c2c1[nH]c1cc(OC(=O)OCCN(C)C)ccc21. The zero-order valence-electron chi connectivity index (χ0n) is 22.7. The molecule has 1 N–H and O–H groups in total. The number of aromatic amines is 1. The van der Waals surface area contributed by atoms with Crippen LogP contribution in [0.5, 0.6) is 5.75 Å². The second kappa shape index (κ2) is 11.3. The van der Waals surface area contributed by atoms with E-state index in [0.717, 1.165) is 10.9 Å². The largest absolute Gasteiger partial charge is 0.513 e. The normalized spacial score (nSPS) is 14.4. The van der Waals surface area contributed by atoms with Crippen molar-refractivity contribution in [2.45, 2.75) is 26.2 Å². The second-order valence-corrected chi connectivity index (χ2v) is 10.2. The lowest BCUT2D eigenvalue weighted by Gasteiger charge is -2.29. The van der Waals surface area contributed by atoms with Gasteiger partial charge in [0.15, 0.2) is 0 Å². The van der Waals surface area contributed by atoms with E-state index in [2.05, 4.69) is 4.98 Å². The minimum atomic E-state index is -0.813. The lowest BCUT2D eigenvalue weighted by atomic mass is 9.81. The highest BCUT2D eigenvalue weighted by Gasteiger charge is 2.37. The number of esters is 1. The van der Waals surface area contributed by atoms with E-state index < -0.39 is 23.4 Å². The Morgan fingerprint density at radius 3 is 2.46 bits per heavy atom. The van der Waals surface area contributed by atoms with Crippen molar-refractivity contribution in [3.63, 3.8) is 0 Å². The molecule has 1 aliphatic heterocycles. The minimum absolute atomic E-state index is 0.148. The molecule has 4 rings (SSSR count). The number of amides is 1. The maximum Gasteiger partial charge on any atom is 0.513 e. The predicted octanol–water partition coefficient (Wildman–Crippen LogP) is 4.72. The molecule has 0 fully saturated rings. The molecule has 0 atom stereocenters. The number of hydrogen-bond acceptors (Lipinski definition) is 7. The summed E-state index contributed by atoms with van der Waals surface area (Å²) in [5, 5.41) is 0.801. The fourth-order valence-electron chi connectivity index (χ4n) is 4.61. The number of likely N-dealkylation sites (N-methyl/N-ethyl adjacent to an activating group) is 1. The summed E-state index contributed by atoms with van der Waals surface area (Å²) >= 11 is 0. The highest BCUT2D eigenvalue weighted by atomic mass is 19.1. The Bertz CT molecular complexity index is 1420. The van der Waals surface area contributed by atoms with Crippen molar-refractivity contribution in [2.24, 2.45) is 0 Å². The van der Waals surface area contributed by atoms with E-state index in [1.54, 1.807) is 25.1 Å². The van der Waals surface area contributed by atoms with Crippen LogP contribution >= 0.6 is 0 Å². The van der Waals surface area contributed by atoms with E-state index in [0.29, 0.717) is 23.3 Å². The number of H-pyrrole nitrogens is 1. The lowest BCUT2D eigenvalue weighted by Crippen LogP contribution is -2.36. The van der Waals surface area contributed by atoms with Gasteiger partial charge in [-0.3, -0.25) is 4.79 Å². The molecule has 0 aliphatic carbocycles. The summed E-state index contributed by atoms with van der Waals surface area (Å²) in [4.78, 5) is 45.3. The molecule has 1 aliphatic rings. The van der Waals surface area contributed by atoms with Gasteiger partial charge >= 0.3 is 12.1 Å². The van der Waals surface area contributed by atoms with Crippen LogP contribution in [0.15, 0.2) is 48.7 Å². The summed E-state index contributed by atoms with van der Waals surface area (Å²) in [5.74, 6) is -1.14. The molecule has 0 bridgehead atoms. The smallest absolute Gasteiger partial charge is 0.462 e. The number of nitrogens with zero attached hydrogens (tertiary/aromatic N) is 2. The van der Waals surface area contributed by atoms with E-state index >= 15 is 0 Å². The number of carbonyl (C=O) groups excluding carboxylic acids is 3. The van der Waals surface area contributed by atoms with Gasteiger partial charge in [-0.25, -0.2) is 14.0 Å². The zero-order chi connectivity index (χ0) is 28.3. The van der Waals surface area contributed by atoms with Crippen molar-refractivity contribution < 1.29 is 33.0 Å². The van der Waals surface area contributed by atoms with Crippen molar-refractivity contribution in [2.75, 3.05) is 40.4 Å². The average Bonchev–Trinajstić information content (AvgIpc) is 3.20. The molecule has 0 radical (unpaired) electrons. The number of aromatic nitrogens is 1. The van der Waals surface area contributed by atoms with Gasteiger partial charge in [0.1, 0.15) is 18.2 Å². The Balaban J connectivity index is 1.73. The van der Waals surface area contributed by atoms with Crippen LogP contribution in [0, 0.1) is 5.82 Å². The molecule has 3 aromatic rings. The quantitative estimate of drug-likeness (QED) is 0.344. The molecule has 1 aromatic heterocycles. The Labute approximate surface area is 226 Å². The number of fused-ring (bicyclic) bond motifs is 3. The van der Waals surface area contributed by atoms with Crippen molar-refractivity contribution in [3.05, 3.63) is 71.3 Å². The predicted molar refractivity (Wildman–Crippen MR) is 144 cm³/mol. The van der Waals surface area contributed by atoms with Crippen LogP contribution in [0.2, 0.25) is 0 Å². The number of benzene rings is 2. The minimum Gasteiger partial charge on any atom is -0.462 e. The van der Waals surface area contributed by atoms with Crippen molar-refractivity contribution in [3.8, 4) is 5.75 Å². The van der Waals surface area contributed by atoms with Gasteiger partial charge in [0.05, 0.1) is 17.9 Å². The number of ether oxygens (including phenoxy) is 3. The van der Waals surface area contributed by atoms with Crippen LogP contribution in [0.4, 0.5) is 9.18 Å². The Morgan fingerprint density at radius 2 is 1.79 bits per heavy atom. The Hall–Kier alpha value is -4.18. The van der Waals surface area contributed by atoms with E-state index in [1.165, 1.54) is 35.4 Å². The third-order valence-corrected chi connectivity index (χ3v) is 6.37. The van der Waals surface area contributed by atoms with Crippen LogP contribution < -0.4 is 4.74 Å². The number of hydrogen-bond donors (Lipinski definition) is 1. The first kappa shape index (κ1) is 27.8. The molecule has 39 heavy (non-hydrogen) atoms. The maximum atomic E-state index is 13.5. The third kappa shape index (κ3) is 6.12. The standard InChI is InChI=1S/C29H32FN3O6/c1-6-37-27(35)22-16-33(26(34)18-7-9-19(30)10-8-18)17-29(2,3)24-21-12-11-20(15-23(21)31-25(22)24)39-28(36)38-14-13-32(4)5/h7-12,15-16,31H,6,13-14,17H2,1-5H3. The van der Waals surface area contributed by atoms with Gasteiger partial charge in [-0.2, -0.15) is 0 Å². The van der Waals surface area contributed by atoms with Crippen LogP contribution in [-0.4, -0.2) is 73.2 Å². The summed E-state index contributed by atoms with van der Waals surface area (Å²) < 4.78 is 29.3. The molecule has 0 saturated heterocycles. The molecule has 0 unspecified atom stereocenters. The molecular weight excluding hydrogens is 505 g/mol. The summed E-state index contributed by atoms with van der Waals surface area (Å²) in [6.45, 7) is 6.79. The van der Waals surface area contributed by atoms with Gasteiger partial charge in [0.25, 0.3) is 5.91 Å². The number of rotatable bonds is 7. The third-order valence-electron chi connectivity index (χ3n) is 6.37. The van der Waals surface area contributed by atoms with E-state index in [4.69, 9.17) is 14.2 Å². The molecule has 0 spiro atoms.